The minimum Gasteiger partial charge on any atom is -0.140 e. The van der Waals surface area contributed by atoms with Crippen molar-refractivity contribution in [2.75, 3.05) is 0 Å². The normalized spacial score (nSPS) is 9.45. The first-order valence-corrected chi connectivity index (χ1v) is 6.47. The minimum absolute atomic E-state index is 0. The largest absolute Gasteiger partial charge is 0.307 e. The second-order valence-electron chi connectivity index (χ2n) is 2.13. The summed E-state index contributed by atoms with van der Waals surface area (Å²) in [6.45, 7) is 2.04. The van der Waals surface area contributed by atoms with E-state index in [1.807, 2.05) is 31.2 Å². The Kier molecular flexibility index (Phi) is 6.29. The molecule has 1 aromatic carbocycles. The fourth-order valence-electron chi connectivity index (χ4n) is 0.680. The Bertz CT molecular complexity index is 210. The molecule has 0 unspecified atom stereocenters. The van der Waals surface area contributed by atoms with Crippen molar-refractivity contribution in [1.82, 2.24) is 0 Å². The number of hydrogen-bond acceptors (Lipinski definition) is 0. The van der Waals surface area contributed by atoms with E-state index < -0.39 is 7.42 Å². The molecule has 0 N–H and O–H groups in total. The van der Waals surface area contributed by atoms with E-state index in [0.29, 0.717) is 0 Å². The Labute approximate surface area is 103 Å². The third kappa shape index (κ3) is 4.05. The zero-order valence-electron chi connectivity index (χ0n) is 6.14. The van der Waals surface area contributed by atoms with Crippen LogP contribution in [0.4, 0.5) is 0 Å². The van der Waals surface area contributed by atoms with Gasteiger partial charge < -0.3 is 0 Å². The fourth-order valence-corrected chi connectivity index (χ4v) is 1.85. The monoisotopic (exact) mass is 278 g/mol. The van der Waals surface area contributed by atoms with Crippen LogP contribution >= 0.6 is 22.2 Å². The van der Waals surface area contributed by atoms with E-state index in [-0.39, 0.29) is 32.7 Å². The molecule has 0 aliphatic rings. The summed E-state index contributed by atoms with van der Waals surface area (Å²) in [5, 5.41) is 1.05. The van der Waals surface area contributed by atoms with Crippen molar-refractivity contribution in [3.05, 3.63) is 29.8 Å². The van der Waals surface area contributed by atoms with Crippen LogP contribution in [0, 0.1) is 6.92 Å². The average Bonchev–Trinajstić information content (AvgIpc) is 1.88. The van der Waals surface area contributed by atoms with E-state index in [9.17, 15) is 0 Å². The molecule has 0 aromatic heterocycles. The molecule has 11 heavy (non-hydrogen) atoms. The Morgan fingerprint density at radius 2 is 1.55 bits per heavy atom. The zero-order valence-corrected chi connectivity index (χ0v) is 11.5. The van der Waals surface area contributed by atoms with Crippen molar-refractivity contribution in [2.45, 2.75) is 6.92 Å². The summed E-state index contributed by atoms with van der Waals surface area (Å²) in [7, 11) is -1.28. The van der Waals surface area contributed by atoms with Crippen LogP contribution in [0.25, 0.3) is 0 Å². The van der Waals surface area contributed by atoms with E-state index in [1.54, 1.807) is 0 Å². The van der Waals surface area contributed by atoms with Gasteiger partial charge in [0, 0.05) is 32.7 Å². The van der Waals surface area contributed by atoms with E-state index in [0.717, 1.165) is 5.19 Å². The molecular weight excluding hydrogens is 272 g/mol. The molecule has 0 saturated carbocycles. The summed E-state index contributed by atoms with van der Waals surface area (Å²) < 4.78 is 0. The van der Waals surface area contributed by atoms with Crippen molar-refractivity contribution in [1.29, 1.82) is 0 Å². The van der Waals surface area contributed by atoms with E-state index >= 15 is 0 Å². The summed E-state index contributed by atoms with van der Waals surface area (Å²) in [4.78, 5) is 0. The first-order chi connectivity index (χ1) is 4.70. The van der Waals surface area contributed by atoms with Gasteiger partial charge in [0.05, 0.1) is 0 Å². The van der Waals surface area contributed by atoms with Gasteiger partial charge in [-0.1, -0.05) is 29.8 Å². The average molecular weight is 279 g/mol. The van der Waals surface area contributed by atoms with Gasteiger partial charge in [0.15, 0.2) is 0 Å². The van der Waals surface area contributed by atoms with Crippen LogP contribution in [0.2, 0.25) is 0 Å². The minimum atomic E-state index is -1.28. The molecule has 0 amide bonds. The quantitative estimate of drug-likeness (QED) is 0.546. The smallest absolute Gasteiger partial charge is 0.140 e. The third-order valence-corrected chi connectivity index (χ3v) is 3.35. The second-order valence-corrected chi connectivity index (χ2v) is 6.07. The van der Waals surface area contributed by atoms with Crippen molar-refractivity contribution in [3.63, 3.8) is 0 Å². The summed E-state index contributed by atoms with van der Waals surface area (Å²) in [6, 6.07) is 7.99. The molecule has 0 aliphatic heterocycles. The van der Waals surface area contributed by atoms with Crippen LogP contribution in [0.5, 0.6) is 0 Å². The maximum absolute atomic E-state index is 5.72. The van der Waals surface area contributed by atoms with Crippen LogP contribution in [0.1, 0.15) is 5.56 Å². The number of halogens is 2. The molecule has 0 aliphatic carbocycles. The van der Waals surface area contributed by atoms with Gasteiger partial charge >= 0.3 is 7.42 Å². The molecule has 0 fully saturated rings. The number of rotatable bonds is 1. The number of aryl methyl sites for hydroxylation is 1. The predicted molar refractivity (Wildman–Crippen MR) is 48.3 cm³/mol. The zero-order chi connectivity index (χ0) is 7.56. The standard InChI is InChI=1S/C7H7Cl2Si.Y/c1-6-2-4-7(5-3-6)10(8)9;/h2-5H,1H3;. The second kappa shape index (κ2) is 5.71. The van der Waals surface area contributed by atoms with Crippen LogP contribution in [0.3, 0.4) is 0 Å². The predicted octanol–water partition coefficient (Wildman–Crippen LogP) is 2.17. The first kappa shape index (κ1) is 12.1. The van der Waals surface area contributed by atoms with E-state index in [4.69, 9.17) is 22.2 Å². The Hall–Kier alpha value is 1.12. The van der Waals surface area contributed by atoms with Crippen LogP contribution in [0.15, 0.2) is 24.3 Å². The fraction of sp³-hybridized carbons (Fsp3) is 0.143. The van der Waals surface area contributed by atoms with Crippen molar-refractivity contribution in [2.24, 2.45) is 0 Å². The van der Waals surface area contributed by atoms with Crippen LogP contribution < -0.4 is 5.19 Å². The Balaban J connectivity index is 0.000001000. The summed E-state index contributed by atoms with van der Waals surface area (Å²) in [5.74, 6) is 0. The van der Waals surface area contributed by atoms with Gasteiger partial charge in [-0.15, -0.1) is 22.2 Å². The van der Waals surface area contributed by atoms with Gasteiger partial charge in [0.2, 0.25) is 0 Å². The molecule has 0 saturated heterocycles. The molecule has 2 radical (unpaired) electrons. The van der Waals surface area contributed by atoms with Gasteiger partial charge in [-0.05, 0) is 12.1 Å². The Morgan fingerprint density at radius 3 is 1.91 bits per heavy atom. The molecule has 0 spiro atoms. The summed E-state index contributed by atoms with van der Waals surface area (Å²) >= 11 is 11.4. The van der Waals surface area contributed by atoms with Crippen LogP contribution in [-0.2, 0) is 32.7 Å². The number of hydrogen-bond donors (Lipinski definition) is 0. The third-order valence-electron chi connectivity index (χ3n) is 1.27. The first-order valence-electron chi connectivity index (χ1n) is 2.95. The molecule has 0 nitrogen and oxygen atoms in total. The molecule has 4 heteroatoms. The molecular formula is C7H7Cl2SiY. The number of benzene rings is 1. The summed E-state index contributed by atoms with van der Waals surface area (Å²) in [5.41, 5.74) is 1.24. The van der Waals surface area contributed by atoms with Crippen molar-refractivity contribution in [3.8, 4) is 0 Å². The van der Waals surface area contributed by atoms with Gasteiger partial charge in [-0.25, -0.2) is 0 Å². The summed E-state index contributed by atoms with van der Waals surface area (Å²) in [6.07, 6.45) is 0. The SMILES string of the molecule is Cc1ccc([Si](Cl)Cl)cc1.[Y]. The topological polar surface area (TPSA) is 0 Å². The van der Waals surface area contributed by atoms with Gasteiger partial charge in [0.1, 0.15) is 0 Å². The molecule has 0 heterocycles. The maximum atomic E-state index is 5.72. The molecule has 0 bridgehead atoms. The van der Waals surface area contributed by atoms with Gasteiger partial charge in [-0.3, -0.25) is 0 Å². The Morgan fingerprint density at radius 1 is 1.09 bits per heavy atom. The van der Waals surface area contributed by atoms with Gasteiger partial charge in [-0.2, -0.15) is 0 Å². The molecule has 1 rings (SSSR count). The van der Waals surface area contributed by atoms with E-state index in [1.165, 1.54) is 5.56 Å². The van der Waals surface area contributed by atoms with Gasteiger partial charge in [0.25, 0.3) is 0 Å². The van der Waals surface area contributed by atoms with Crippen molar-refractivity contribution < 1.29 is 32.7 Å². The maximum Gasteiger partial charge on any atom is 0.307 e. The molecule has 56 valence electrons. The van der Waals surface area contributed by atoms with Crippen LogP contribution in [-0.4, -0.2) is 7.42 Å². The molecule has 0 atom stereocenters. The van der Waals surface area contributed by atoms with E-state index in [2.05, 4.69) is 0 Å². The van der Waals surface area contributed by atoms with Crippen molar-refractivity contribution >= 4 is 34.8 Å². The molecule has 1 aromatic rings.